The SMILES string of the molecule is COCCONC(=O)N(Cc1ccsc1)C1CCN(C2(C)CCN(C(=O)c3c(C)cc(Cl)[n+](O)c3Cl)CC2)CC1. The van der Waals surface area contributed by atoms with Crippen molar-refractivity contribution in [3.8, 4) is 0 Å². The van der Waals surface area contributed by atoms with Crippen LogP contribution in [-0.2, 0) is 16.1 Å². The molecule has 0 atom stereocenters. The largest absolute Gasteiger partial charge is 0.382 e. The normalized spacial score (nSPS) is 18.1. The Labute approximate surface area is 249 Å². The van der Waals surface area contributed by atoms with Gasteiger partial charge in [-0.2, -0.15) is 11.3 Å². The molecule has 2 aliphatic rings. The van der Waals surface area contributed by atoms with Crippen LogP contribution in [0.3, 0.4) is 0 Å². The predicted molar refractivity (Wildman–Crippen MR) is 153 cm³/mol. The lowest BCUT2D eigenvalue weighted by atomic mass is 9.85. The third-order valence-electron chi connectivity index (χ3n) is 8.08. The van der Waals surface area contributed by atoms with Gasteiger partial charge in [-0.3, -0.25) is 19.7 Å². The van der Waals surface area contributed by atoms with Gasteiger partial charge in [0.15, 0.2) is 0 Å². The van der Waals surface area contributed by atoms with Gasteiger partial charge in [0.05, 0.1) is 13.2 Å². The van der Waals surface area contributed by atoms with Crippen molar-refractivity contribution in [3.63, 3.8) is 0 Å². The summed E-state index contributed by atoms with van der Waals surface area (Å²) in [7, 11) is 1.59. The number of nitrogens with one attached hydrogen (secondary N) is 1. The van der Waals surface area contributed by atoms with Crippen molar-refractivity contribution in [3.05, 3.63) is 49.9 Å². The number of urea groups is 1. The van der Waals surface area contributed by atoms with Crippen LogP contribution in [-0.4, -0.2) is 89.9 Å². The van der Waals surface area contributed by atoms with Gasteiger partial charge in [-0.25, -0.2) is 10.3 Å². The number of ether oxygens (including phenoxy) is 1. The molecule has 13 heteroatoms. The number of rotatable bonds is 9. The number of piperidine rings is 2. The van der Waals surface area contributed by atoms with E-state index < -0.39 is 0 Å². The minimum absolute atomic E-state index is 0.0543. The van der Waals surface area contributed by atoms with Gasteiger partial charge in [0.25, 0.3) is 5.91 Å². The van der Waals surface area contributed by atoms with E-state index in [4.69, 9.17) is 32.8 Å². The number of thiophene rings is 1. The summed E-state index contributed by atoms with van der Waals surface area (Å²) >= 11 is 13.9. The highest BCUT2D eigenvalue weighted by Crippen LogP contribution is 2.33. The Balaban J connectivity index is 1.35. The lowest BCUT2D eigenvalue weighted by Gasteiger charge is -2.50. The average Bonchev–Trinajstić information content (AvgIpc) is 3.46. The van der Waals surface area contributed by atoms with Crippen LogP contribution in [0.2, 0.25) is 10.3 Å². The number of methoxy groups -OCH3 is 1. The smallest absolute Gasteiger partial charge is 0.341 e. The first-order valence-electron chi connectivity index (χ1n) is 13.5. The van der Waals surface area contributed by atoms with E-state index in [0.29, 0.717) is 36.5 Å². The average molecular weight is 616 g/mol. The standard InChI is InChI=1S/C27H37Cl2N5O5S/c1-19-16-22(28)34(37)24(29)23(19)25(35)31-11-7-27(2,8-12-31)32-9-4-21(5-10-32)33(17-20-6-15-40-18-20)26(36)30-39-14-13-38-3/h6,15-16,18,21H,4-5,7-14,17H2,1-3H3,(H-,30,36,37)/p+1. The van der Waals surface area contributed by atoms with Crippen molar-refractivity contribution in [2.45, 2.75) is 57.7 Å². The van der Waals surface area contributed by atoms with Crippen molar-refractivity contribution in [1.82, 2.24) is 20.2 Å². The Morgan fingerprint density at radius 1 is 1.23 bits per heavy atom. The van der Waals surface area contributed by atoms with E-state index in [1.54, 1.807) is 30.3 Å². The van der Waals surface area contributed by atoms with E-state index in [9.17, 15) is 14.8 Å². The first-order chi connectivity index (χ1) is 19.1. The maximum atomic E-state index is 13.3. The molecule has 2 N–H and O–H groups in total. The summed E-state index contributed by atoms with van der Waals surface area (Å²) < 4.78 is 5.62. The van der Waals surface area contributed by atoms with Gasteiger partial charge in [0, 0.05) is 62.2 Å². The second-order valence-corrected chi connectivity index (χ2v) is 12.2. The van der Waals surface area contributed by atoms with E-state index in [1.165, 1.54) is 6.07 Å². The number of nitrogens with zero attached hydrogens (tertiary/aromatic N) is 4. The highest BCUT2D eigenvalue weighted by molar-refractivity contribution is 7.07. The fourth-order valence-electron chi connectivity index (χ4n) is 5.56. The molecule has 0 spiro atoms. The maximum absolute atomic E-state index is 13.3. The van der Waals surface area contributed by atoms with Gasteiger partial charge in [-0.1, -0.05) is 0 Å². The number of likely N-dealkylation sites (tertiary alicyclic amines) is 2. The number of hydrogen-bond donors (Lipinski definition) is 2. The Kier molecular flexibility index (Phi) is 10.5. The molecule has 2 aromatic heterocycles. The number of amides is 3. The molecular formula is C27H38Cl2N5O5S+. The zero-order valence-electron chi connectivity index (χ0n) is 23.2. The Hall–Kier alpha value is -2.15. The van der Waals surface area contributed by atoms with Crippen LogP contribution in [0.25, 0.3) is 0 Å². The van der Waals surface area contributed by atoms with Crippen LogP contribution in [0.1, 0.15) is 54.1 Å². The minimum Gasteiger partial charge on any atom is -0.382 e. The zero-order chi connectivity index (χ0) is 28.9. The molecule has 2 aliphatic heterocycles. The second kappa shape index (κ2) is 13.7. The molecule has 40 heavy (non-hydrogen) atoms. The highest BCUT2D eigenvalue weighted by Gasteiger charge is 2.41. The summed E-state index contributed by atoms with van der Waals surface area (Å²) in [5, 5.41) is 14.1. The number of halogens is 2. The van der Waals surface area contributed by atoms with Crippen LogP contribution >= 0.6 is 34.5 Å². The van der Waals surface area contributed by atoms with E-state index in [0.717, 1.165) is 44.3 Å². The summed E-state index contributed by atoms with van der Waals surface area (Å²) in [6.45, 7) is 8.14. The summed E-state index contributed by atoms with van der Waals surface area (Å²) in [5.41, 5.74) is 4.52. The molecular weight excluding hydrogens is 577 g/mol. The minimum atomic E-state index is -0.237. The Morgan fingerprint density at radius 2 is 1.93 bits per heavy atom. The number of carbonyl (C=O) groups excluding carboxylic acids is 2. The monoisotopic (exact) mass is 614 g/mol. The van der Waals surface area contributed by atoms with Crippen LogP contribution in [0.5, 0.6) is 0 Å². The van der Waals surface area contributed by atoms with Gasteiger partial charge in [-0.15, -0.1) is 0 Å². The van der Waals surface area contributed by atoms with Crippen molar-refractivity contribution >= 4 is 46.5 Å². The van der Waals surface area contributed by atoms with Gasteiger partial charge in [0.1, 0.15) is 5.56 Å². The first-order valence-corrected chi connectivity index (χ1v) is 15.2. The molecule has 0 aliphatic carbocycles. The van der Waals surface area contributed by atoms with Crippen molar-refractivity contribution in [2.24, 2.45) is 0 Å². The van der Waals surface area contributed by atoms with Crippen LogP contribution < -0.4 is 10.2 Å². The molecule has 0 aromatic carbocycles. The number of hydroxylamine groups is 1. The molecule has 0 radical (unpaired) electrons. The number of aromatic nitrogens is 1. The molecule has 0 bridgehead atoms. The molecule has 2 fully saturated rings. The van der Waals surface area contributed by atoms with Crippen LogP contribution in [0.4, 0.5) is 4.79 Å². The van der Waals surface area contributed by atoms with Crippen LogP contribution in [0.15, 0.2) is 22.9 Å². The molecule has 4 rings (SSSR count). The molecule has 2 saturated heterocycles. The lowest BCUT2D eigenvalue weighted by molar-refractivity contribution is -0.901. The topological polar surface area (TPSA) is 98.5 Å². The Bertz CT molecular complexity index is 1170. The maximum Gasteiger partial charge on any atom is 0.341 e. The predicted octanol–water partition coefficient (Wildman–Crippen LogP) is 4.14. The summed E-state index contributed by atoms with van der Waals surface area (Å²) in [6, 6.07) is 3.43. The zero-order valence-corrected chi connectivity index (χ0v) is 25.5. The molecule has 2 aromatic rings. The van der Waals surface area contributed by atoms with Crippen LogP contribution in [0, 0.1) is 6.92 Å². The van der Waals surface area contributed by atoms with Gasteiger partial charge in [-0.05, 0) is 90.7 Å². The molecule has 220 valence electrons. The molecule has 0 saturated carbocycles. The molecule has 0 unspecified atom stereocenters. The third-order valence-corrected chi connectivity index (χ3v) is 9.43. The third kappa shape index (κ3) is 7.00. The fraction of sp³-hybridized carbons (Fsp3) is 0.593. The van der Waals surface area contributed by atoms with Gasteiger partial charge < -0.3 is 14.5 Å². The lowest BCUT2D eigenvalue weighted by Crippen LogP contribution is -2.59. The van der Waals surface area contributed by atoms with Gasteiger partial charge in [0.2, 0.25) is 0 Å². The number of aryl methyl sites for hydroxylation is 1. The van der Waals surface area contributed by atoms with Gasteiger partial charge >= 0.3 is 16.3 Å². The van der Waals surface area contributed by atoms with Crippen molar-refractivity contribution < 1.29 is 29.1 Å². The van der Waals surface area contributed by atoms with E-state index in [2.05, 4.69) is 22.7 Å². The van der Waals surface area contributed by atoms with Crippen molar-refractivity contribution in [1.29, 1.82) is 0 Å². The highest BCUT2D eigenvalue weighted by atomic mass is 35.5. The number of hydrogen-bond acceptors (Lipinski definition) is 7. The van der Waals surface area contributed by atoms with E-state index in [1.807, 2.05) is 16.3 Å². The fourth-order valence-corrected chi connectivity index (χ4v) is 6.83. The van der Waals surface area contributed by atoms with E-state index >= 15 is 0 Å². The van der Waals surface area contributed by atoms with Crippen molar-refractivity contribution in [2.75, 3.05) is 46.5 Å². The quantitative estimate of drug-likeness (QED) is 0.145. The number of pyridine rings is 1. The second-order valence-electron chi connectivity index (χ2n) is 10.6. The molecule has 4 heterocycles. The number of carbonyl (C=O) groups is 2. The van der Waals surface area contributed by atoms with E-state index in [-0.39, 0.29) is 46.0 Å². The summed E-state index contributed by atoms with van der Waals surface area (Å²) in [4.78, 5) is 37.9. The molecule has 3 amide bonds. The first kappa shape index (κ1) is 30.8. The summed E-state index contributed by atoms with van der Waals surface area (Å²) in [6.07, 6.45) is 3.34. The summed E-state index contributed by atoms with van der Waals surface area (Å²) in [5.74, 6) is -0.203. The Morgan fingerprint density at radius 3 is 2.55 bits per heavy atom. The molecule has 10 nitrogen and oxygen atoms in total.